The lowest BCUT2D eigenvalue weighted by molar-refractivity contribution is -0.128. The van der Waals surface area contributed by atoms with Crippen LogP contribution < -0.4 is 0 Å². The maximum Gasteiger partial charge on any atom is 0.139 e. The minimum Gasteiger partial charge on any atom is -0.299 e. The van der Waals surface area contributed by atoms with Crippen LogP contribution in [0.15, 0.2) is 0 Å². The molecule has 1 aliphatic rings. The largest absolute Gasteiger partial charge is 0.299 e. The van der Waals surface area contributed by atoms with E-state index in [1.54, 1.807) is 0 Å². The molecule has 0 aromatic carbocycles. The van der Waals surface area contributed by atoms with Gasteiger partial charge in [0.05, 0.1) is 0 Å². The summed E-state index contributed by atoms with van der Waals surface area (Å²) in [6.07, 6.45) is 14.5. The molecule has 1 nitrogen and oxygen atoms in total. The summed E-state index contributed by atoms with van der Waals surface area (Å²) >= 11 is 0. The first-order chi connectivity index (χ1) is 8.25. The van der Waals surface area contributed by atoms with Gasteiger partial charge in [0, 0.05) is 11.8 Å². The monoisotopic (exact) mass is 238 g/mol. The number of carbonyl (C=O) groups excluding carboxylic acids is 1. The SMILES string of the molecule is CCCCCCCCC(=O)C1(CC)CCCC1. The summed E-state index contributed by atoms with van der Waals surface area (Å²) in [6, 6.07) is 0. The lowest BCUT2D eigenvalue weighted by Gasteiger charge is -2.25. The van der Waals surface area contributed by atoms with E-state index in [1.807, 2.05) is 0 Å². The Morgan fingerprint density at radius 1 is 0.941 bits per heavy atom. The topological polar surface area (TPSA) is 17.1 Å². The molecule has 0 unspecified atom stereocenters. The van der Waals surface area contributed by atoms with Gasteiger partial charge in [-0.2, -0.15) is 0 Å². The highest BCUT2D eigenvalue weighted by atomic mass is 16.1. The van der Waals surface area contributed by atoms with Crippen LogP contribution in [-0.4, -0.2) is 5.78 Å². The minimum absolute atomic E-state index is 0.101. The summed E-state index contributed by atoms with van der Waals surface area (Å²) in [7, 11) is 0. The molecule has 0 aromatic rings. The molecule has 0 heterocycles. The zero-order chi connectivity index (χ0) is 12.6. The van der Waals surface area contributed by atoms with Crippen molar-refractivity contribution in [3.63, 3.8) is 0 Å². The summed E-state index contributed by atoms with van der Waals surface area (Å²) in [4.78, 5) is 12.3. The maximum absolute atomic E-state index is 12.3. The zero-order valence-electron chi connectivity index (χ0n) is 11.9. The summed E-state index contributed by atoms with van der Waals surface area (Å²) in [5.74, 6) is 0.577. The molecule has 100 valence electrons. The van der Waals surface area contributed by atoms with Gasteiger partial charge in [0.15, 0.2) is 0 Å². The van der Waals surface area contributed by atoms with Crippen LogP contribution >= 0.6 is 0 Å². The summed E-state index contributed by atoms with van der Waals surface area (Å²) in [5, 5.41) is 0. The Morgan fingerprint density at radius 3 is 2.12 bits per heavy atom. The summed E-state index contributed by atoms with van der Waals surface area (Å²) in [6.45, 7) is 4.44. The van der Waals surface area contributed by atoms with Crippen molar-refractivity contribution in [2.45, 2.75) is 90.9 Å². The second-order valence-electron chi connectivity index (χ2n) is 5.78. The molecule has 0 aromatic heterocycles. The van der Waals surface area contributed by atoms with Gasteiger partial charge in [0.1, 0.15) is 5.78 Å². The van der Waals surface area contributed by atoms with Crippen LogP contribution in [0.5, 0.6) is 0 Å². The first-order valence-electron chi connectivity index (χ1n) is 7.78. The maximum atomic E-state index is 12.3. The smallest absolute Gasteiger partial charge is 0.139 e. The molecular formula is C16H30O. The Kier molecular flexibility index (Phi) is 6.84. The molecule has 1 heteroatoms. The first kappa shape index (κ1) is 14.7. The lowest BCUT2D eigenvalue weighted by Crippen LogP contribution is -2.26. The molecule has 0 saturated heterocycles. The van der Waals surface area contributed by atoms with Crippen molar-refractivity contribution in [3.05, 3.63) is 0 Å². The zero-order valence-corrected chi connectivity index (χ0v) is 11.9. The second-order valence-corrected chi connectivity index (χ2v) is 5.78. The number of hydrogen-bond acceptors (Lipinski definition) is 1. The van der Waals surface area contributed by atoms with Gasteiger partial charge in [-0.15, -0.1) is 0 Å². The van der Waals surface area contributed by atoms with E-state index >= 15 is 0 Å². The van der Waals surface area contributed by atoms with Crippen LogP contribution in [0.2, 0.25) is 0 Å². The standard InChI is InChI=1S/C16H30O/c1-3-5-6-7-8-9-12-15(17)16(4-2)13-10-11-14-16/h3-14H2,1-2H3. The van der Waals surface area contributed by atoms with Crippen molar-refractivity contribution in [1.82, 2.24) is 0 Å². The van der Waals surface area contributed by atoms with Crippen molar-refractivity contribution >= 4 is 5.78 Å². The van der Waals surface area contributed by atoms with Gasteiger partial charge < -0.3 is 0 Å². The van der Waals surface area contributed by atoms with Crippen LogP contribution in [-0.2, 0) is 4.79 Å². The van der Waals surface area contributed by atoms with Crippen LogP contribution in [0.4, 0.5) is 0 Å². The van der Waals surface area contributed by atoms with Crippen LogP contribution in [0.25, 0.3) is 0 Å². The molecule has 0 bridgehead atoms. The van der Waals surface area contributed by atoms with Gasteiger partial charge in [0.25, 0.3) is 0 Å². The molecule has 17 heavy (non-hydrogen) atoms. The molecule has 0 spiro atoms. The van der Waals surface area contributed by atoms with E-state index in [4.69, 9.17) is 0 Å². The van der Waals surface area contributed by atoms with E-state index in [9.17, 15) is 4.79 Å². The number of carbonyl (C=O) groups is 1. The van der Waals surface area contributed by atoms with Crippen molar-refractivity contribution < 1.29 is 4.79 Å². The molecule has 1 aliphatic carbocycles. The second kappa shape index (κ2) is 7.89. The predicted octanol–water partition coefficient (Wildman–Crippen LogP) is 5.28. The third-order valence-electron chi connectivity index (χ3n) is 4.59. The lowest BCUT2D eigenvalue weighted by atomic mass is 9.77. The Morgan fingerprint density at radius 2 is 1.53 bits per heavy atom. The first-order valence-corrected chi connectivity index (χ1v) is 7.78. The Balaban J connectivity index is 2.15. The van der Waals surface area contributed by atoms with Gasteiger partial charge in [0.2, 0.25) is 0 Å². The van der Waals surface area contributed by atoms with E-state index in [-0.39, 0.29) is 5.41 Å². The van der Waals surface area contributed by atoms with E-state index in [0.717, 1.165) is 32.1 Å². The molecule has 0 radical (unpaired) electrons. The van der Waals surface area contributed by atoms with Crippen LogP contribution in [0, 0.1) is 5.41 Å². The van der Waals surface area contributed by atoms with Crippen molar-refractivity contribution in [2.24, 2.45) is 5.41 Å². The summed E-state index contributed by atoms with van der Waals surface area (Å²) in [5.41, 5.74) is 0.101. The van der Waals surface area contributed by atoms with E-state index in [1.165, 1.54) is 44.9 Å². The Bertz CT molecular complexity index is 214. The molecule has 0 amide bonds. The molecule has 1 saturated carbocycles. The number of unbranched alkanes of at least 4 members (excludes halogenated alkanes) is 5. The predicted molar refractivity (Wildman–Crippen MR) is 74.2 cm³/mol. The number of rotatable bonds is 9. The fourth-order valence-electron chi connectivity index (χ4n) is 3.21. The third-order valence-corrected chi connectivity index (χ3v) is 4.59. The van der Waals surface area contributed by atoms with E-state index < -0.39 is 0 Å². The van der Waals surface area contributed by atoms with Gasteiger partial charge in [-0.3, -0.25) is 4.79 Å². The quantitative estimate of drug-likeness (QED) is 0.500. The van der Waals surface area contributed by atoms with Gasteiger partial charge in [-0.25, -0.2) is 0 Å². The van der Waals surface area contributed by atoms with Crippen molar-refractivity contribution in [3.8, 4) is 0 Å². The fourth-order valence-corrected chi connectivity index (χ4v) is 3.21. The van der Waals surface area contributed by atoms with Gasteiger partial charge in [-0.1, -0.05) is 58.8 Å². The Hall–Kier alpha value is -0.330. The normalized spacial score (nSPS) is 18.5. The fraction of sp³-hybridized carbons (Fsp3) is 0.938. The third kappa shape index (κ3) is 4.44. The number of Topliss-reactive ketones (excluding diaryl/α,β-unsaturated/α-hetero) is 1. The molecule has 0 atom stereocenters. The molecule has 1 fully saturated rings. The van der Waals surface area contributed by atoms with Crippen LogP contribution in [0.3, 0.4) is 0 Å². The van der Waals surface area contributed by atoms with Crippen molar-refractivity contribution in [1.29, 1.82) is 0 Å². The summed E-state index contributed by atoms with van der Waals surface area (Å²) < 4.78 is 0. The highest BCUT2D eigenvalue weighted by molar-refractivity contribution is 5.85. The molecule has 0 N–H and O–H groups in total. The number of ketones is 1. The molecule has 1 rings (SSSR count). The van der Waals surface area contributed by atoms with Crippen molar-refractivity contribution in [2.75, 3.05) is 0 Å². The van der Waals surface area contributed by atoms with E-state index in [0.29, 0.717) is 5.78 Å². The highest BCUT2D eigenvalue weighted by Gasteiger charge is 2.37. The average Bonchev–Trinajstić information content (AvgIpc) is 2.83. The van der Waals surface area contributed by atoms with E-state index in [2.05, 4.69) is 13.8 Å². The highest BCUT2D eigenvalue weighted by Crippen LogP contribution is 2.42. The average molecular weight is 238 g/mol. The van der Waals surface area contributed by atoms with Crippen LogP contribution in [0.1, 0.15) is 90.9 Å². The molecular weight excluding hydrogens is 208 g/mol. The molecule has 0 aliphatic heterocycles. The number of hydrogen-bond donors (Lipinski definition) is 0. The minimum atomic E-state index is 0.101. The Labute approximate surface area is 107 Å². The van der Waals surface area contributed by atoms with Gasteiger partial charge in [-0.05, 0) is 25.7 Å². The van der Waals surface area contributed by atoms with Gasteiger partial charge >= 0.3 is 0 Å².